The van der Waals surface area contributed by atoms with Gasteiger partial charge in [0.2, 0.25) is 5.91 Å². The first-order chi connectivity index (χ1) is 17.0. The summed E-state index contributed by atoms with van der Waals surface area (Å²) in [6.45, 7) is 1.94. The molecule has 3 aliphatic heterocycles. The van der Waals surface area contributed by atoms with E-state index < -0.39 is 11.6 Å². The maximum atomic E-state index is 13.9. The van der Waals surface area contributed by atoms with Gasteiger partial charge in [-0.2, -0.15) is 0 Å². The highest BCUT2D eigenvalue weighted by molar-refractivity contribution is 6.30. The number of nitrogens with one attached hydrogen (secondary N) is 1. The lowest BCUT2D eigenvalue weighted by Gasteiger charge is -2.41. The molecule has 8 nitrogen and oxygen atoms in total. The minimum Gasteiger partial charge on any atom is -0.376 e. The van der Waals surface area contributed by atoms with Crippen LogP contribution in [0.5, 0.6) is 0 Å². The van der Waals surface area contributed by atoms with Crippen molar-refractivity contribution >= 4 is 29.4 Å². The van der Waals surface area contributed by atoms with Crippen molar-refractivity contribution in [3.8, 4) is 0 Å². The summed E-state index contributed by atoms with van der Waals surface area (Å²) in [6, 6.07) is 10.6. The summed E-state index contributed by atoms with van der Waals surface area (Å²) in [7, 11) is 0. The van der Waals surface area contributed by atoms with Crippen LogP contribution in [0.1, 0.15) is 36.8 Å². The fraction of sp³-hybridized carbons (Fsp3) is 0.462. The number of halogens is 1. The van der Waals surface area contributed by atoms with Gasteiger partial charge in [0.15, 0.2) is 5.54 Å². The predicted octanol–water partition coefficient (Wildman–Crippen LogP) is 3.14. The Hall–Kier alpha value is -2.97. The molecule has 0 saturated carbocycles. The number of piperidine rings is 1. The van der Waals surface area contributed by atoms with E-state index in [1.54, 1.807) is 30.6 Å². The van der Waals surface area contributed by atoms with Crippen molar-refractivity contribution in [2.45, 2.75) is 43.7 Å². The first kappa shape index (κ1) is 23.8. The van der Waals surface area contributed by atoms with E-state index in [0.29, 0.717) is 43.1 Å². The van der Waals surface area contributed by atoms with E-state index in [1.807, 2.05) is 23.1 Å². The second-order valence-electron chi connectivity index (χ2n) is 9.49. The van der Waals surface area contributed by atoms with E-state index in [-0.39, 0.29) is 36.8 Å². The molecule has 0 radical (unpaired) electrons. The maximum absolute atomic E-state index is 13.9. The molecular formula is C26H29ClN4O4. The average Bonchev–Trinajstić information content (AvgIpc) is 3.47. The van der Waals surface area contributed by atoms with Crippen molar-refractivity contribution in [1.29, 1.82) is 0 Å². The van der Waals surface area contributed by atoms with Crippen LogP contribution in [0, 0.1) is 5.92 Å². The third-order valence-corrected chi connectivity index (χ3v) is 7.60. The molecule has 0 spiro atoms. The van der Waals surface area contributed by atoms with Gasteiger partial charge in [-0.05, 0) is 55.4 Å². The SMILES string of the molecule is O=C(Cc1cccc(Cl)c1)N1CCC([C@@]2(c3cccnc3)NC(=O)N(C[C@H]3CCCO3)C2=O)CC1. The second kappa shape index (κ2) is 9.95. The van der Waals surface area contributed by atoms with E-state index in [2.05, 4.69) is 10.3 Å². The first-order valence-electron chi connectivity index (χ1n) is 12.2. The molecule has 3 saturated heterocycles. The summed E-state index contributed by atoms with van der Waals surface area (Å²) in [5.41, 5.74) is 0.364. The number of hydrogen-bond donors (Lipinski definition) is 1. The van der Waals surface area contributed by atoms with Crippen LogP contribution in [0.15, 0.2) is 48.8 Å². The van der Waals surface area contributed by atoms with Gasteiger partial charge in [-0.15, -0.1) is 0 Å². The van der Waals surface area contributed by atoms with Gasteiger partial charge in [-0.3, -0.25) is 19.5 Å². The Morgan fingerprint density at radius 1 is 1.17 bits per heavy atom. The Morgan fingerprint density at radius 3 is 2.69 bits per heavy atom. The number of hydrogen-bond acceptors (Lipinski definition) is 5. The molecule has 1 N–H and O–H groups in total. The third-order valence-electron chi connectivity index (χ3n) is 7.36. The smallest absolute Gasteiger partial charge is 0.325 e. The number of carbonyl (C=O) groups excluding carboxylic acids is 3. The predicted molar refractivity (Wildman–Crippen MR) is 130 cm³/mol. The fourth-order valence-electron chi connectivity index (χ4n) is 5.55. The van der Waals surface area contributed by atoms with Gasteiger partial charge >= 0.3 is 6.03 Å². The number of nitrogens with zero attached hydrogens (tertiary/aromatic N) is 3. The lowest BCUT2D eigenvalue weighted by Crippen LogP contribution is -2.54. The van der Waals surface area contributed by atoms with E-state index >= 15 is 0 Å². The molecule has 0 bridgehead atoms. The first-order valence-corrected chi connectivity index (χ1v) is 12.5. The largest absolute Gasteiger partial charge is 0.376 e. The van der Waals surface area contributed by atoms with Gasteiger partial charge in [-0.25, -0.2) is 4.79 Å². The van der Waals surface area contributed by atoms with Crippen molar-refractivity contribution in [1.82, 2.24) is 20.1 Å². The number of urea groups is 1. The molecule has 2 aromatic rings. The fourth-order valence-corrected chi connectivity index (χ4v) is 5.76. The summed E-state index contributed by atoms with van der Waals surface area (Å²) in [6.07, 6.45) is 6.42. The van der Waals surface area contributed by atoms with Gasteiger partial charge in [0.05, 0.1) is 19.1 Å². The van der Waals surface area contributed by atoms with Crippen LogP contribution in [0.3, 0.4) is 0 Å². The number of amides is 4. The van der Waals surface area contributed by atoms with Crippen LogP contribution >= 0.6 is 11.6 Å². The number of benzene rings is 1. The molecule has 5 rings (SSSR count). The van der Waals surface area contributed by atoms with E-state index in [1.165, 1.54) is 4.90 Å². The molecule has 0 unspecified atom stereocenters. The molecule has 1 aromatic heterocycles. The molecule has 184 valence electrons. The van der Waals surface area contributed by atoms with Gasteiger partial charge in [0.25, 0.3) is 5.91 Å². The molecule has 4 amide bonds. The Bertz CT molecular complexity index is 1100. The number of pyridine rings is 1. The highest BCUT2D eigenvalue weighted by atomic mass is 35.5. The Kier molecular flexibility index (Phi) is 6.75. The number of aromatic nitrogens is 1. The van der Waals surface area contributed by atoms with Crippen LogP contribution in [0.2, 0.25) is 5.02 Å². The highest BCUT2D eigenvalue weighted by Gasteiger charge is 2.57. The van der Waals surface area contributed by atoms with Crippen molar-refractivity contribution in [2.24, 2.45) is 5.92 Å². The van der Waals surface area contributed by atoms with Gasteiger partial charge in [0, 0.05) is 42.7 Å². The lowest BCUT2D eigenvalue weighted by atomic mass is 9.73. The summed E-state index contributed by atoms with van der Waals surface area (Å²) < 4.78 is 5.69. The van der Waals surface area contributed by atoms with Crippen LogP contribution in [0.25, 0.3) is 0 Å². The number of likely N-dealkylation sites (tertiary alicyclic amines) is 1. The zero-order valence-electron chi connectivity index (χ0n) is 19.5. The topological polar surface area (TPSA) is 91.8 Å². The Morgan fingerprint density at radius 2 is 2.00 bits per heavy atom. The second-order valence-corrected chi connectivity index (χ2v) is 9.93. The molecule has 1 aromatic carbocycles. The Balaban J connectivity index is 1.33. The van der Waals surface area contributed by atoms with E-state index in [4.69, 9.17) is 16.3 Å². The zero-order valence-corrected chi connectivity index (χ0v) is 20.2. The van der Waals surface area contributed by atoms with Crippen molar-refractivity contribution in [3.63, 3.8) is 0 Å². The van der Waals surface area contributed by atoms with E-state index in [9.17, 15) is 14.4 Å². The third kappa shape index (κ3) is 4.65. The molecule has 3 fully saturated rings. The molecule has 2 atom stereocenters. The summed E-state index contributed by atoms with van der Waals surface area (Å²) in [4.78, 5) is 47.2. The summed E-state index contributed by atoms with van der Waals surface area (Å²) in [5, 5.41) is 3.65. The average molecular weight is 497 g/mol. The molecule has 35 heavy (non-hydrogen) atoms. The number of carbonyl (C=O) groups is 3. The van der Waals surface area contributed by atoms with Crippen LogP contribution in [0.4, 0.5) is 4.79 Å². The zero-order chi connectivity index (χ0) is 24.4. The van der Waals surface area contributed by atoms with Crippen LogP contribution in [-0.2, 0) is 26.3 Å². The van der Waals surface area contributed by atoms with Gasteiger partial charge < -0.3 is 15.0 Å². The van der Waals surface area contributed by atoms with Crippen LogP contribution < -0.4 is 5.32 Å². The standard InChI is InChI=1S/C26H29ClN4O4/c27-21-6-1-4-18(14-21)15-23(32)30-11-8-19(9-12-30)26(20-5-2-10-28-16-20)24(33)31(25(34)29-26)17-22-7-3-13-35-22/h1-2,4-6,10,14,16,19,22H,3,7-9,11-13,15,17H2,(H,29,34)/t22-,26+/m1/s1. The highest BCUT2D eigenvalue weighted by Crippen LogP contribution is 2.41. The van der Waals surface area contributed by atoms with Crippen molar-refractivity contribution < 1.29 is 19.1 Å². The summed E-state index contributed by atoms with van der Waals surface area (Å²) >= 11 is 6.06. The quantitative estimate of drug-likeness (QED) is 0.620. The van der Waals surface area contributed by atoms with Gasteiger partial charge in [0.1, 0.15) is 0 Å². The van der Waals surface area contributed by atoms with Crippen LogP contribution in [-0.4, -0.2) is 65.0 Å². The lowest BCUT2D eigenvalue weighted by molar-refractivity contribution is -0.137. The number of imide groups is 1. The minimum atomic E-state index is -1.19. The van der Waals surface area contributed by atoms with E-state index in [0.717, 1.165) is 18.4 Å². The molecule has 3 aliphatic rings. The normalized spacial score (nSPS) is 25.2. The molecule has 9 heteroatoms. The molecular weight excluding hydrogens is 468 g/mol. The van der Waals surface area contributed by atoms with Gasteiger partial charge in [-0.1, -0.05) is 29.8 Å². The molecule has 4 heterocycles. The molecule has 0 aliphatic carbocycles. The number of ether oxygens (including phenoxy) is 1. The minimum absolute atomic E-state index is 0.0305. The van der Waals surface area contributed by atoms with Crippen molar-refractivity contribution in [2.75, 3.05) is 26.2 Å². The monoisotopic (exact) mass is 496 g/mol. The number of rotatable bonds is 6. The van der Waals surface area contributed by atoms with Crippen molar-refractivity contribution in [3.05, 3.63) is 64.9 Å². The maximum Gasteiger partial charge on any atom is 0.325 e. The summed E-state index contributed by atoms with van der Waals surface area (Å²) in [5.74, 6) is -0.384. The Labute approximate surface area is 209 Å².